The molecule has 0 aromatic rings. The molecular formula is C11H19NO4. The molecule has 16 heavy (non-hydrogen) atoms. The lowest BCUT2D eigenvalue weighted by Crippen LogP contribution is -2.31. The molecule has 0 bridgehead atoms. The first-order valence-corrected chi connectivity index (χ1v) is 5.84. The number of rotatable bonds is 9. The standard InChI is InChI=1S/C11H19NO4/c13-2-4-16-6-5-15-3-1-12-10(14)11-7-9(11)8-11/h9,13H,1-8H2,(H,12,14). The van der Waals surface area contributed by atoms with Gasteiger partial charge in [0.05, 0.1) is 38.4 Å². The Kier molecular flexibility index (Phi) is 3.78. The molecule has 0 spiro atoms. The summed E-state index contributed by atoms with van der Waals surface area (Å²) in [6, 6.07) is 0. The maximum atomic E-state index is 11.5. The number of hydrogen-bond donors (Lipinski definition) is 2. The second kappa shape index (κ2) is 5.12. The molecule has 2 aliphatic carbocycles. The summed E-state index contributed by atoms with van der Waals surface area (Å²) < 4.78 is 10.3. The predicted octanol–water partition coefficient (Wildman–Crippen LogP) is -0.462. The number of nitrogens with one attached hydrogen (secondary N) is 1. The largest absolute Gasteiger partial charge is 0.394 e. The van der Waals surface area contributed by atoms with Crippen molar-refractivity contribution in [3.05, 3.63) is 0 Å². The molecule has 0 aliphatic heterocycles. The van der Waals surface area contributed by atoms with Crippen LogP contribution in [0, 0.1) is 11.3 Å². The molecule has 1 amide bonds. The van der Waals surface area contributed by atoms with Gasteiger partial charge in [0, 0.05) is 6.54 Å². The van der Waals surface area contributed by atoms with Gasteiger partial charge in [-0.15, -0.1) is 0 Å². The molecule has 2 aliphatic rings. The van der Waals surface area contributed by atoms with Crippen LogP contribution in [0.3, 0.4) is 0 Å². The Hall–Kier alpha value is -0.650. The number of ether oxygens (including phenoxy) is 2. The molecule has 0 saturated heterocycles. The van der Waals surface area contributed by atoms with Crippen molar-refractivity contribution in [2.24, 2.45) is 11.3 Å². The smallest absolute Gasteiger partial charge is 0.226 e. The highest BCUT2D eigenvalue weighted by molar-refractivity contribution is 5.89. The first kappa shape index (κ1) is 11.8. The van der Waals surface area contributed by atoms with Gasteiger partial charge in [-0.2, -0.15) is 0 Å². The maximum Gasteiger partial charge on any atom is 0.226 e. The number of amides is 1. The number of aliphatic hydroxyl groups excluding tert-OH is 1. The lowest BCUT2D eigenvalue weighted by molar-refractivity contribution is -0.124. The zero-order valence-corrected chi connectivity index (χ0v) is 9.41. The van der Waals surface area contributed by atoms with E-state index in [1.54, 1.807) is 0 Å². The van der Waals surface area contributed by atoms with Gasteiger partial charge in [0.25, 0.3) is 0 Å². The van der Waals surface area contributed by atoms with Crippen LogP contribution in [0.15, 0.2) is 0 Å². The Morgan fingerprint density at radius 1 is 1.25 bits per heavy atom. The topological polar surface area (TPSA) is 67.8 Å². The van der Waals surface area contributed by atoms with Crippen LogP contribution in [-0.2, 0) is 14.3 Å². The Bertz CT molecular complexity index is 250. The highest BCUT2D eigenvalue weighted by atomic mass is 16.5. The minimum Gasteiger partial charge on any atom is -0.394 e. The zero-order valence-electron chi connectivity index (χ0n) is 9.41. The SMILES string of the molecule is O=C(NCCOCCOCCO)C12CC1C2. The van der Waals surface area contributed by atoms with E-state index in [-0.39, 0.29) is 17.9 Å². The summed E-state index contributed by atoms with van der Waals surface area (Å²) in [6.45, 7) is 2.48. The molecule has 2 rings (SSSR count). The van der Waals surface area contributed by atoms with E-state index in [2.05, 4.69) is 5.32 Å². The molecule has 5 heteroatoms. The van der Waals surface area contributed by atoms with E-state index in [1.165, 1.54) is 0 Å². The summed E-state index contributed by atoms with van der Waals surface area (Å²) in [6.07, 6.45) is 2.18. The number of fused-ring (bicyclic) bond motifs is 1. The summed E-state index contributed by atoms with van der Waals surface area (Å²) in [5, 5.41) is 11.3. The Labute approximate surface area is 95.1 Å². The van der Waals surface area contributed by atoms with Crippen molar-refractivity contribution in [3.63, 3.8) is 0 Å². The van der Waals surface area contributed by atoms with Crippen molar-refractivity contribution < 1.29 is 19.4 Å². The molecule has 5 nitrogen and oxygen atoms in total. The summed E-state index contributed by atoms with van der Waals surface area (Å²) in [5.74, 6) is 0.901. The molecule has 2 N–H and O–H groups in total. The van der Waals surface area contributed by atoms with E-state index >= 15 is 0 Å². The second-order valence-corrected chi connectivity index (χ2v) is 4.47. The monoisotopic (exact) mass is 229 g/mol. The Balaban J connectivity index is 1.36. The third-order valence-electron chi connectivity index (χ3n) is 3.27. The van der Waals surface area contributed by atoms with Crippen molar-refractivity contribution in [2.75, 3.05) is 39.6 Å². The lowest BCUT2D eigenvalue weighted by atomic mass is 10.2. The van der Waals surface area contributed by atoms with Crippen LogP contribution in [0.25, 0.3) is 0 Å². The third-order valence-corrected chi connectivity index (χ3v) is 3.27. The molecule has 92 valence electrons. The van der Waals surface area contributed by atoms with Crippen LogP contribution in [0.1, 0.15) is 12.8 Å². The van der Waals surface area contributed by atoms with Crippen molar-refractivity contribution in [1.29, 1.82) is 0 Å². The summed E-state index contributed by atoms with van der Waals surface area (Å²) in [7, 11) is 0. The van der Waals surface area contributed by atoms with Crippen LogP contribution < -0.4 is 5.32 Å². The Morgan fingerprint density at radius 2 is 1.88 bits per heavy atom. The van der Waals surface area contributed by atoms with Crippen LogP contribution in [0.5, 0.6) is 0 Å². The fourth-order valence-electron chi connectivity index (χ4n) is 1.87. The first-order valence-electron chi connectivity index (χ1n) is 5.84. The normalized spacial score (nSPS) is 29.7. The molecule has 0 radical (unpaired) electrons. The number of carbonyl (C=O) groups is 1. The van der Waals surface area contributed by atoms with Gasteiger partial charge in [-0.05, 0) is 18.8 Å². The quantitative estimate of drug-likeness (QED) is 0.525. The van der Waals surface area contributed by atoms with Crippen molar-refractivity contribution >= 4 is 5.91 Å². The zero-order chi connectivity index (χ0) is 11.4. The van der Waals surface area contributed by atoms with E-state index in [0.29, 0.717) is 38.9 Å². The molecule has 0 aromatic carbocycles. The second-order valence-electron chi connectivity index (χ2n) is 4.47. The minimum absolute atomic E-state index is 0.0410. The molecular weight excluding hydrogens is 210 g/mol. The van der Waals surface area contributed by atoms with E-state index in [4.69, 9.17) is 14.6 Å². The van der Waals surface area contributed by atoms with E-state index in [1.807, 2.05) is 0 Å². The van der Waals surface area contributed by atoms with Gasteiger partial charge in [-0.25, -0.2) is 0 Å². The molecule has 2 saturated carbocycles. The van der Waals surface area contributed by atoms with Crippen molar-refractivity contribution in [1.82, 2.24) is 5.32 Å². The first-order chi connectivity index (χ1) is 7.79. The molecule has 0 heterocycles. The van der Waals surface area contributed by atoms with Gasteiger partial charge >= 0.3 is 0 Å². The van der Waals surface area contributed by atoms with Crippen LogP contribution in [-0.4, -0.2) is 50.6 Å². The fraction of sp³-hybridized carbons (Fsp3) is 0.909. The third kappa shape index (κ3) is 2.72. The van der Waals surface area contributed by atoms with Gasteiger partial charge in [0.15, 0.2) is 0 Å². The molecule has 0 unspecified atom stereocenters. The van der Waals surface area contributed by atoms with E-state index in [9.17, 15) is 4.79 Å². The van der Waals surface area contributed by atoms with Gasteiger partial charge < -0.3 is 19.9 Å². The Morgan fingerprint density at radius 3 is 2.44 bits per heavy atom. The van der Waals surface area contributed by atoms with Gasteiger partial charge in [0.1, 0.15) is 0 Å². The highest BCUT2D eigenvalue weighted by Crippen LogP contribution is 2.75. The number of hydrogen-bond acceptors (Lipinski definition) is 4. The molecule has 0 atom stereocenters. The predicted molar refractivity (Wildman–Crippen MR) is 56.9 cm³/mol. The average molecular weight is 229 g/mol. The highest BCUT2D eigenvalue weighted by Gasteiger charge is 2.74. The fourth-order valence-corrected chi connectivity index (χ4v) is 1.87. The summed E-state index contributed by atoms with van der Waals surface area (Å²) in [4.78, 5) is 11.5. The van der Waals surface area contributed by atoms with Crippen molar-refractivity contribution in [2.45, 2.75) is 12.8 Å². The van der Waals surface area contributed by atoms with Crippen LogP contribution in [0.2, 0.25) is 0 Å². The van der Waals surface area contributed by atoms with Crippen molar-refractivity contribution in [3.8, 4) is 0 Å². The van der Waals surface area contributed by atoms with Crippen LogP contribution >= 0.6 is 0 Å². The van der Waals surface area contributed by atoms with Gasteiger partial charge in [0.2, 0.25) is 5.91 Å². The van der Waals surface area contributed by atoms with Gasteiger partial charge in [-0.1, -0.05) is 0 Å². The number of aliphatic hydroxyl groups is 1. The van der Waals surface area contributed by atoms with Gasteiger partial charge in [-0.3, -0.25) is 4.79 Å². The lowest BCUT2D eigenvalue weighted by Gasteiger charge is -2.07. The van der Waals surface area contributed by atoms with Crippen LogP contribution in [0.4, 0.5) is 0 Å². The molecule has 2 fully saturated rings. The maximum absolute atomic E-state index is 11.5. The summed E-state index contributed by atoms with van der Waals surface area (Å²) in [5.41, 5.74) is 0.0598. The van der Waals surface area contributed by atoms with E-state index < -0.39 is 0 Å². The summed E-state index contributed by atoms with van der Waals surface area (Å²) >= 11 is 0. The minimum atomic E-state index is 0.0410. The van der Waals surface area contributed by atoms with E-state index in [0.717, 1.165) is 12.8 Å². The average Bonchev–Trinajstić information content (AvgIpc) is 3.09. The molecule has 0 aromatic heterocycles. The number of carbonyl (C=O) groups excluding carboxylic acids is 1.